The summed E-state index contributed by atoms with van der Waals surface area (Å²) < 4.78 is 5.17. The number of ether oxygens (including phenoxy) is 1. The van der Waals surface area contributed by atoms with Crippen LogP contribution in [0.1, 0.15) is 5.56 Å². The first kappa shape index (κ1) is 12.1. The second kappa shape index (κ2) is 5.31. The highest BCUT2D eigenvalue weighted by molar-refractivity contribution is 5.57. The zero-order valence-electron chi connectivity index (χ0n) is 10.3. The largest absolute Gasteiger partial charge is 0.497 e. The molecular weight excluding hydrogens is 226 g/mol. The van der Waals surface area contributed by atoms with Gasteiger partial charge in [-0.2, -0.15) is 0 Å². The van der Waals surface area contributed by atoms with Gasteiger partial charge in [-0.1, -0.05) is 6.07 Å². The first-order valence-corrected chi connectivity index (χ1v) is 5.71. The van der Waals surface area contributed by atoms with Crippen LogP contribution in [0.3, 0.4) is 0 Å². The predicted molar refractivity (Wildman–Crippen MR) is 75.6 cm³/mol. The highest BCUT2D eigenvalue weighted by Gasteiger charge is 2.00. The lowest BCUT2D eigenvalue weighted by molar-refractivity contribution is 0.415. The quantitative estimate of drug-likeness (QED) is 0.721. The van der Waals surface area contributed by atoms with Crippen molar-refractivity contribution in [3.8, 4) is 5.75 Å². The number of nitrogen functional groups attached to an aromatic ring is 2. The smallest absolute Gasteiger partial charge is 0.120 e. The average molecular weight is 243 g/mol. The van der Waals surface area contributed by atoms with Crippen molar-refractivity contribution >= 4 is 17.1 Å². The Kier molecular flexibility index (Phi) is 3.57. The van der Waals surface area contributed by atoms with Crippen molar-refractivity contribution < 1.29 is 4.74 Å². The Morgan fingerprint density at radius 3 is 2.72 bits per heavy atom. The molecule has 4 heteroatoms. The highest BCUT2D eigenvalue weighted by atomic mass is 16.5. The number of anilines is 3. The normalized spacial score (nSPS) is 10.1. The minimum Gasteiger partial charge on any atom is -0.497 e. The molecule has 18 heavy (non-hydrogen) atoms. The summed E-state index contributed by atoms with van der Waals surface area (Å²) in [6.07, 6.45) is 0. The molecule has 0 spiro atoms. The van der Waals surface area contributed by atoms with E-state index in [1.54, 1.807) is 13.2 Å². The van der Waals surface area contributed by atoms with Crippen LogP contribution in [0.15, 0.2) is 42.5 Å². The molecule has 0 aromatic heterocycles. The third-order valence-electron chi connectivity index (χ3n) is 2.72. The van der Waals surface area contributed by atoms with E-state index >= 15 is 0 Å². The molecular formula is C14H17N3O. The molecule has 0 saturated carbocycles. The molecule has 94 valence electrons. The van der Waals surface area contributed by atoms with Gasteiger partial charge in [0.25, 0.3) is 0 Å². The van der Waals surface area contributed by atoms with Gasteiger partial charge < -0.3 is 21.5 Å². The molecule has 0 radical (unpaired) electrons. The fourth-order valence-electron chi connectivity index (χ4n) is 1.71. The Hall–Kier alpha value is -2.36. The van der Waals surface area contributed by atoms with Gasteiger partial charge in [-0.05, 0) is 35.9 Å². The van der Waals surface area contributed by atoms with Crippen molar-refractivity contribution in [3.63, 3.8) is 0 Å². The average Bonchev–Trinajstić information content (AvgIpc) is 2.40. The van der Waals surface area contributed by atoms with Crippen LogP contribution >= 0.6 is 0 Å². The van der Waals surface area contributed by atoms with Crippen LogP contribution in [0.25, 0.3) is 0 Å². The van der Waals surface area contributed by atoms with E-state index < -0.39 is 0 Å². The summed E-state index contributed by atoms with van der Waals surface area (Å²) >= 11 is 0. The van der Waals surface area contributed by atoms with Gasteiger partial charge in [-0.15, -0.1) is 0 Å². The van der Waals surface area contributed by atoms with Crippen molar-refractivity contribution in [2.24, 2.45) is 0 Å². The molecule has 0 amide bonds. The van der Waals surface area contributed by atoms with E-state index in [4.69, 9.17) is 16.2 Å². The Bertz CT molecular complexity index is 540. The van der Waals surface area contributed by atoms with Gasteiger partial charge in [-0.25, -0.2) is 0 Å². The maximum Gasteiger partial charge on any atom is 0.120 e. The van der Waals surface area contributed by atoms with Gasteiger partial charge >= 0.3 is 0 Å². The summed E-state index contributed by atoms with van der Waals surface area (Å²) in [6.45, 7) is 0.629. The van der Waals surface area contributed by atoms with Gasteiger partial charge in [0.2, 0.25) is 0 Å². The molecule has 0 bridgehead atoms. The molecule has 2 aromatic carbocycles. The SMILES string of the molecule is COc1cccc(NCc2cc(N)ccc2N)c1. The second-order valence-corrected chi connectivity index (χ2v) is 4.04. The molecule has 0 aliphatic heterocycles. The second-order valence-electron chi connectivity index (χ2n) is 4.04. The van der Waals surface area contributed by atoms with Crippen molar-refractivity contribution in [1.82, 2.24) is 0 Å². The van der Waals surface area contributed by atoms with Crippen molar-refractivity contribution in [2.45, 2.75) is 6.54 Å². The van der Waals surface area contributed by atoms with E-state index in [1.165, 1.54) is 0 Å². The lowest BCUT2D eigenvalue weighted by Gasteiger charge is -2.10. The topological polar surface area (TPSA) is 73.3 Å². The molecule has 4 nitrogen and oxygen atoms in total. The molecule has 0 saturated heterocycles. The number of rotatable bonds is 4. The summed E-state index contributed by atoms with van der Waals surface area (Å²) in [6, 6.07) is 13.2. The molecule has 0 aliphatic rings. The van der Waals surface area contributed by atoms with Crippen LogP contribution in [0, 0.1) is 0 Å². The van der Waals surface area contributed by atoms with Crippen LogP contribution in [0.5, 0.6) is 5.75 Å². The van der Waals surface area contributed by atoms with Crippen molar-refractivity contribution in [2.75, 3.05) is 23.9 Å². The molecule has 2 aromatic rings. The standard InChI is InChI=1S/C14H17N3O/c1-18-13-4-2-3-12(8-13)17-9-10-7-11(15)5-6-14(10)16/h2-8,17H,9,15-16H2,1H3. The van der Waals surface area contributed by atoms with Gasteiger partial charge in [-0.3, -0.25) is 0 Å². The number of nitrogens with two attached hydrogens (primary N) is 2. The summed E-state index contributed by atoms with van der Waals surface area (Å²) in [5, 5.41) is 3.29. The summed E-state index contributed by atoms with van der Waals surface area (Å²) in [5.41, 5.74) is 15.0. The number of nitrogens with one attached hydrogen (secondary N) is 1. The molecule has 0 heterocycles. The minimum absolute atomic E-state index is 0.629. The lowest BCUT2D eigenvalue weighted by atomic mass is 10.1. The molecule has 2 rings (SSSR count). The zero-order chi connectivity index (χ0) is 13.0. The third-order valence-corrected chi connectivity index (χ3v) is 2.72. The third kappa shape index (κ3) is 2.85. The summed E-state index contributed by atoms with van der Waals surface area (Å²) in [5.74, 6) is 0.820. The summed E-state index contributed by atoms with van der Waals surface area (Å²) in [4.78, 5) is 0. The lowest BCUT2D eigenvalue weighted by Crippen LogP contribution is -2.03. The van der Waals surface area contributed by atoms with Gasteiger partial charge in [0, 0.05) is 29.7 Å². The van der Waals surface area contributed by atoms with Crippen molar-refractivity contribution in [1.29, 1.82) is 0 Å². The Balaban J connectivity index is 2.08. The van der Waals surface area contributed by atoms with Crippen LogP contribution in [0.4, 0.5) is 17.1 Å². The molecule has 5 N–H and O–H groups in total. The predicted octanol–water partition coefficient (Wildman–Crippen LogP) is 2.47. The Labute approximate surface area is 107 Å². The maximum absolute atomic E-state index is 5.89. The van der Waals surface area contributed by atoms with Crippen LogP contribution in [-0.2, 0) is 6.54 Å². The van der Waals surface area contributed by atoms with Crippen LogP contribution in [0.2, 0.25) is 0 Å². The van der Waals surface area contributed by atoms with Gasteiger partial charge in [0.15, 0.2) is 0 Å². The summed E-state index contributed by atoms with van der Waals surface area (Å²) in [7, 11) is 1.65. The van der Waals surface area contributed by atoms with E-state index in [0.29, 0.717) is 12.2 Å². The minimum atomic E-state index is 0.629. The number of hydrogen-bond acceptors (Lipinski definition) is 4. The molecule has 0 unspecified atom stereocenters. The first-order valence-electron chi connectivity index (χ1n) is 5.71. The van der Waals surface area contributed by atoms with E-state index in [1.807, 2.05) is 36.4 Å². The fraction of sp³-hybridized carbons (Fsp3) is 0.143. The maximum atomic E-state index is 5.89. The monoisotopic (exact) mass is 243 g/mol. The van der Waals surface area contributed by atoms with Gasteiger partial charge in [0.05, 0.1) is 7.11 Å². The Morgan fingerprint density at radius 1 is 1.11 bits per heavy atom. The number of methoxy groups -OCH3 is 1. The van der Waals surface area contributed by atoms with E-state index in [0.717, 1.165) is 22.7 Å². The fourth-order valence-corrected chi connectivity index (χ4v) is 1.71. The molecule has 0 fully saturated rings. The van der Waals surface area contributed by atoms with E-state index in [2.05, 4.69) is 5.32 Å². The first-order chi connectivity index (χ1) is 8.69. The van der Waals surface area contributed by atoms with Crippen molar-refractivity contribution in [3.05, 3.63) is 48.0 Å². The van der Waals surface area contributed by atoms with E-state index in [9.17, 15) is 0 Å². The van der Waals surface area contributed by atoms with Crippen LogP contribution < -0.4 is 21.5 Å². The molecule has 0 atom stereocenters. The Morgan fingerprint density at radius 2 is 1.94 bits per heavy atom. The highest BCUT2D eigenvalue weighted by Crippen LogP contribution is 2.20. The number of hydrogen-bond donors (Lipinski definition) is 3. The van der Waals surface area contributed by atoms with Gasteiger partial charge in [0.1, 0.15) is 5.75 Å². The number of benzene rings is 2. The molecule has 0 aliphatic carbocycles. The van der Waals surface area contributed by atoms with E-state index in [-0.39, 0.29) is 0 Å². The zero-order valence-corrected chi connectivity index (χ0v) is 10.3. The van der Waals surface area contributed by atoms with Crippen LogP contribution in [-0.4, -0.2) is 7.11 Å².